The first kappa shape index (κ1) is 10.9. The molecule has 0 spiro atoms. The van der Waals surface area contributed by atoms with Gasteiger partial charge >= 0.3 is 6.16 Å². The highest BCUT2D eigenvalue weighted by atomic mass is 127. The van der Waals surface area contributed by atoms with Gasteiger partial charge in [-0.2, -0.15) is 0 Å². The van der Waals surface area contributed by atoms with E-state index in [0.29, 0.717) is 0 Å². The van der Waals surface area contributed by atoms with Crippen molar-refractivity contribution >= 4 is 28.7 Å². The number of carbonyl (C=O) groups is 1. The first-order chi connectivity index (χ1) is 6.83. The summed E-state index contributed by atoms with van der Waals surface area (Å²) >= 11 is 1.86. The van der Waals surface area contributed by atoms with Gasteiger partial charge in [-0.1, -0.05) is 5.92 Å². The van der Waals surface area contributed by atoms with E-state index in [0.717, 1.165) is 5.56 Å². The van der Waals surface area contributed by atoms with Crippen molar-refractivity contribution in [3.8, 4) is 9.85 Å². The molecule has 0 unspecified atom stereocenters. The summed E-state index contributed by atoms with van der Waals surface area (Å²) in [6.07, 6.45) is 2.27. The van der Waals surface area contributed by atoms with Gasteiger partial charge in [-0.05, 0) is 9.99 Å². The molecule has 74 valence electrons. The average molecular weight is 306 g/mol. The Bertz CT molecular complexity index is 333. The standard InChI is InChI=1S/C9H7IO4/c10-3-1-4-13-9(11)14-7-8-2-5-12-6-8/h2,5-6H,4,7H2. The second-order valence-electron chi connectivity index (χ2n) is 2.23. The summed E-state index contributed by atoms with van der Waals surface area (Å²) in [6.45, 7) is 0.195. The first-order valence-electron chi connectivity index (χ1n) is 3.72. The molecule has 0 N–H and O–H groups in total. The summed E-state index contributed by atoms with van der Waals surface area (Å²) in [6, 6.07) is 1.71. The Labute approximate surface area is 94.7 Å². The number of halogens is 1. The molecule has 0 saturated carbocycles. The number of furan rings is 1. The molecule has 0 aliphatic carbocycles. The molecule has 0 amide bonds. The monoisotopic (exact) mass is 306 g/mol. The van der Waals surface area contributed by atoms with E-state index in [-0.39, 0.29) is 13.2 Å². The zero-order valence-corrected chi connectivity index (χ0v) is 9.31. The number of ether oxygens (including phenoxy) is 2. The largest absolute Gasteiger partial charge is 0.509 e. The Balaban J connectivity index is 2.17. The summed E-state index contributed by atoms with van der Waals surface area (Å²) in [7, 11) is 0. The van der Waals surface area contributed by atoms with Crippen LogP contribution in [0.2, 0.25) is 0 Å². The van der Waals surface area contributed by atoms with Crippen LogP contribution < -0.4 is 0 Å². The number of rotatable bonds is 3. The normalized spacial score (nSPS) is 8.64. The second-order valence-corrected chi connectivity index (χ2v) is 2.77. The third-order valence-electron chi connectivity index (χ3n) is 1.27. The van der Waals surface area contributed by atoms with Gasteiger partial charge in [-0.15, -0.1) is 0 Å². The Morgan fingerprint density at radius 1 is 1.57 bits per heavy atom. The first-order valence-corrected chi connectivity index (χ1v) is 4.80. The van der Waals surface area contributed by atoms with Crippen molar-refractivity contribution in [2.45, 2.75) is 6.61 Å². The molecule has 0 atom stereocenters. The molecule has 0 aliphatic rings. The molecule has 1 aromatic heterocycles. The maximum absolute atomic E-state index is 10.9. The van der Waals surface area contributed by atoms with E-state index >= 15 is 0 Å². The van der Waals surface area contributed by atoms with Gasteiger partial charge in [0.15, 0.2) is 6.61 Å². The predicted molar refractivity (Wildman–Crippen MR) is 56.6 cm³/mol. The van der Waals surface area contributed by atoms with Gasteiger partial charge in [0, 0.05) is 28.2 Å². The van der Waals surface area contributed by atoms with Crippen LogP contribution in [0.4, 0.5) is 4.79 Å². The van der Waals surface area contributed by atoms with Crippen LogP contribution >= 0.6 is 22.6 Å². The average Bonchev–Trinajstić information content (AvgIpc) is 2.68. The van der Waals surface area contributed by atoms with Crippen molar-refractivity contribution in [2.24, 2.45) is 0 Å². The van der Waals surface area contributed by atoms with Crippen LogP contribution in [-0.2, 0) is 16.1 Å². The third-order valence-corrected chi connectivity index (χ3v) is 1.65. The van der Waals surface area contributed by atoms with Gasteiger partial charge in [0.05, 0.1) is 12.5 Å². The summed E-state index contributed by atoms with van der Waals surface area (Å²) in [4.78, 5) is 10.9. The van der Waals surface area contributed by atoms with E-state index in [9.17, 15) is 4.79 Å². The highest BCUT2D eigenvalue weighted by Gasteiger charge is 2.03. The fourth-order valence-corrected chi connectivity index (χ4v) is 0.837. The predicted octanol–water partition coefficient (Wildman–Crippen LogP) is 2.33. The van der Waals surface area contributed by atoms with Crippen molar-refractivity contribution in [3.05, 3.63) is 24.2 Å². The van der Waals surface area contributed by atoms with Gasteiger partial charge in [-0.25, -0.2) is 4.79 Å². The van der Waals surface area contributed by atoms with E-state index < -0.39 is 6.16 Å². The Kier molecular flexibility index (Phi) is 4.93. The molecule has 1 aromatic rings. The molecule has 5 heteroatoms. The van der Waals surface area contributed by atoms with Crippen molar-refractivity contribution in [3.63, 3.8) is 0 Å². The van der Waals surface area contributed by atoms with Crippen LogP contribution in [0.1, 0.15) is 5.56 Å². The molecule has 0 bridgehead atoms. The quantitative estimate of drug-likeness (QED) is 0.488. The van der Waals surface area contributed by atoms with Crippen LogP contribution in [0, 0.1) is 9.85 Å². The van der Waals surface area contributed by atoms with E-state index in [4.69, 9.17) is 9.15 Å². The molecule has 0 saturated heterocycles. The van der Waals surface area contributed by atoms with Crippen molar-refractivity contribution < 1.29 is 18.7 Å². The summed E-state index contributed by atoms with van der Waals surface area (Å²) < 4.78 is 16.7. The Morgan fingerprint density at radius 2 is 2.43 bits per heavy atom. The summed E-state index contributed by atoms with van der Waals surface area (Å²) in [5, 5.41) is 0. The van der Waals surface area contributed by atoms with Crippen molar-refractivity contribution in [1.82, 2.24) is 0 Å². The Hall–Kier alpha value is -1.16. The zero-order chi connectivity index (χ0) is 10.2. The second kappa shape index (κ2) is 6.32. The van der Waals surface area contributed by atoms with Crippen LogP contribution in [-0.4, -0.2) is 12.8 Å². The summed E-state index contributed by atoms with van der Waals surface area (Å²) in [5.41, 5.74) is 0.780. The molecule has 1 rings (SSSR count). The van der Waals surface area contributed by atoms with Crippen molar-refractivity contribution in [2.75, 3.05) is 6.61 Å². The Morgan fingerprint density at radius 3 is 3.07 bits per heavy atom. The van der Waals surface area contributed by atoms with Gasteiger partial charge in [0.25, 0.3) is 0 Å². The third kappa shape index (κ3) is 4.18. The van der Waals surface area contributed by atoms with Gasteiger partial charge in [-0.3, -0.25) is 0 Å². The lowest BCUT2D eigenvalue weighted by atomic mass is 10.4. The molecule has 14 heavy (non-hydrogen) atoms. The maximum atomic E-state index is 10.9. The van der Waals surface area contributed by atoms with Gasteiger partial charge in [0.2, 0.25) is 0 Å². The summed E-state index contributed by atoms with van der Waals surface area (Å²) in [5.74, 6) is 2.57. The lowest BCUT2D eigenvalue weighted by Crippen LogP contribution is -2.07. The minimum atomic E-state index is -0.731. The fraction of sp³-hybridized carbons (Fsp3) is 0.222. The highest BCUT2D eigenvalue weighted by Crippen LogP contribution is 2.02. The smallest absolute Gasteiger partial charge is 0.472 e. The highest BCUT2D eigenvalue weighted by molar-refractivity contribution is 14.1. The van der Waals surface area contributed by atoms with Crippen LogP contribution in [0.25, 0.3) is 0 Å². The number of hydrogen-bond donors (Lipinski definition) is 0. The lowest BCUT2D eigenvalue weighted by Gasteiger charge is -2.01. The maximum Gasteiger partial charge on any atom is 0.509 e. The van der Waals surface area contributed by atoms with E-state index in [2.05, 4.69) is 14.6 Å². The van der Waals surface area contributed by atoms with Crippen LogP contribution in [0.3, 0.4) is 0 Å². The number of carbonyl (C=O) groups excluding carboxylic acids is 1. The van der Waals surface area contributed by atoms with Crippen LogP contribution in [0.5, 0.6) is 0 Å². The van der Waals surface area contributed by atoms with E-state index in [1.807, 2.05) is 22.6 Å². The molecular weight excluding hydrogens is 299 g/mol. The van der Waals surface area contributed by atoms with Crippen LogP contribution in [0.15, 0.2) is 23.0 Å². The topological polar surface area (TPSA) is 48.7 Å². The molecule has 4 nitrogen and oxygen atoms in total. The van der Waals surface area contributed by atoms with Crippen molar-refractivity contribution in [1.29, 1.82) is 0 Å². The number of hydrogen-bond acceptors (Lipinski definition) is 4. The fourth-order valence-electron chi connectivity index (χ4n) is 0.681. The molecular formula is C9H7IO4. The van der Waals surface area contributed by atoms with E-state index in [1.165, 1.54) is 12.5 Å². The molecule has 1 heterocycles. The van der Waals surface area contributed by atoms with E-state index in [1.54, 1.807) is 6.07 Å². The minimum absolute atomic E-state index is 0.0488. The van der Waals surface area contributed by atoms with Gasteiger partial charge < -0.3 is 13.9 Å². The molecule has 0 aromatic carbocycles. The lowest BCUT2D eigenvalue weighted by molar-refractivity contribution is 0.0588. The SMILES string of the molecule is O=C(OCC#CI)OCc1ccoc1. The molecule has 0 radical (unpaired) electrons. The molecule has 0 fully saturated rings. The zero-order valence-electron chi connectivity index (χ0n) is 7.16. The molecule has 0 aliphatic heterocycles. The minimum Gasteiger partial charge on any atom is -0.472 e. The van der Waals surface area contributed by atoms with Gasteiger partial charge in [0.1, 0.15) is 6.61 Å².